The van der Waals surface area contributed by atoms with Crippen molar-refractivity contribution in [2.45, 2.75) is 0 Å². The van der Waals surface area contributed by atoms with Crippen LogP contribution in [0.25, 0.3) is 0 Å². The predicted molar refractivity (Wildman–Crippen MR) is 40.0 cm³/mol. The van der Waals surface area contributed by atoms with Gasteiger partial charge in [0.15, 0.2) is 0 Å². The summed E-state index contributed by atoms with van der Waals surface area (Å²) in [6, 6.07) is 0. The molecule has 0 nitrogen and oxygen atoms in total. The van der Waals surface area contributed by atoms with Gasteiger partial charge in [-0.3, -0.25) is 0 Å². The van der Waals surface area contributed by atoms with E-state index in [0.29, 0.717) is 0 Å². The van der Waals surface area contributed by atoms with E-state index in [1.54, 1.807) is 0 Å². The Morgan fingerprint density at radius 1 is 2.00 bits per heavy atom. The monoisotopic (exact) mass is 216 g/mol. The zero-order valence-electron chi connectivity index (χ0n) is 2.81. The quantitative estimate of drug-likeness (QED) is 0.327. The molecule has 0 unspecified atom stereocenters. The van der Waals surface area contributed by atoms with E-state index in [-0.39, 0.29) is 9.31 Å². The number of rotatable bonds is 0. The molecule has 5 heavy (non-hydrogen) atoms. The first-order valence-electron chi connectivity index (χ1n) is 0.996. The van der Waals surface area contributed by atoms with Gasteiger partial charge in [-0.2, -0.15) is 0 Å². The third kappa shape index (κ3) is 5.31. The van der Waals surface area contributed by atoms with Gasteiger partial charge in [0.1, 0.15) is 0 Å². The van der Waals surface area contributed by atoms with E-state index in [1.165, 1.54) is 5.00 Å². The minimum absolute atomic E-state index is 0.136. The zero-order valence-corrected chi connectivity index (χ0v) is 6.68. The summed E-state index contributed by atoms with van der Waals surface area (Å²) in [5.74, 6) is 0. The maximum absolute atomic E-state index is 5.30. The molecule has 4 heteroatoms. The van der Waals surface area contributed by atoms with Gasteiger partial charge in [-0.15, -0.1) is 0 Å². The first-order chi connectivity index (χ1) is 2.27. The van der Waals surface area contributed by atoms with Crippen LogP contribution in [0.2, 0.25) is 0 Å². The minimum atomic E-state index is 0.136. The molecule has 0 aliphatic carbocycles. The molecule has 0 aromatic heterocycles. The van der Waals surface area contributed by atoms with E-state index in [1.807, 2.05) is 6.26 Å². The molecule has 0 bridgehead atoms. The van der Waals surface area contributed by atoms with E-state index >= 15 is 0 Å². The molecule has 0 radical (unpaired) electrons. The summed E-state index contributed by atoms with van der Waals surface area (Å²) in [7, 11) is 0.136. The maximum atomic E-state index is 5.30. The molecule has 0 rings (SSSR count). The molecule has 0 aromatic rings. The topological polar surface area (TPSA) is 0 Å². The molecule has 0 fully saturated rings. The predicted octanol–water partition coefficient (Wildman–Crippen LogP) is 1.53. The second kappa shape index (κ2) is 3.50. The average Bonchev–Trinajstić information content (AvgIpc) is 1.38. The van der Waals surface area contributed by atoms with E-state index < -0.39 is 0 Å². The first-order valence-corrected chi connectivity index (χ1v) is 6.98. The van der Waals surface area contributed by atoms with Crippen LogP contribution >= 0.6 is 27.0 Å². The van der Waals surface area contributed by atoms with Gasteiger partial charge in [0.05, 0.1) is 0 Å². The van der Waals surface area contributed by atoms with Crippen molar-refractivity contribution in [3.05, 3.63) is 0 Å². The number of hydrogen-bond donors (Lipinski definition) is 0. The summed E-state index contributed by atoms with van der Waals surface area (Å²) in [4.78, 5) is 1.27. The van der Waals surface area contributed by atoms with Crippen LogP contribution in [-0.4, -0.2) is 12.8 Å². The van der Waals surface area contributed by atoms with Crippen molar-refractivity contribution >= 4 is 42.9 Å². The zero-order chi connectivity index (χ0) is 4.28. The molecule has 0 aliphatic heterocycles. The van der Waals surface area contributed by atoms with E-state index in [4.69, 9.17) is 6.53 Å². The Hall–Kier alpha value is 1.31. The molecule has 0 atom stereocenters. The van der Waals surface area contributed by atoms with Crippen LogP contribution in [0.3, 0.4) is 0 Å². The third-order valence-corrected chi connectivity index (χ3v) is 6.57. The number of halogens is 1. The molecule has 0 amide bonds. The molecule has 0 heterocycles. The van der Waals surface area contributed by atoms with Gasteiger partial charge in [-0.05, 0) is 0 Å². The summed E-state index contributed by atoms with van der Waals surface area (Å²) in [6.45, 7) is 5.30. The van der Waals surface area contributed by atoms with Gasteiger partial charge >= 0.3 is 49.1 Å². The van der Waals surface area contributed by atoms with E-state index in [0.717, 1.165) is 0 Å². The van der Waals surface area contributed by atoms with Crippen LogP contribution in [0, 0.1) is 0 Å². The van der Waals surface area contributed by atoms with Gasteiger partial charge in [-0.1, -0.05) is 0 Å². The van der Waals surface area contributed by atoms with Crippen molar-refractivity contribution in [1.29, 1.82) is 0 Å². The fraction of sp³-hybridized carbons (Fsp3) is 1.00. The third-order valence-electron chi connectivity index (χ3n) is 0.109. The first kappa shape index (κ1) is 6.31. The molecule has 28 valence electrons. The van der Waals surface area contributed by atoms with Crippen LogP contribution < -0.4 is 0 Å². The Morgan fingerprint density at radius 2 is 2.20 bits per heavy atom. The number of hydrogen-bond acceptors (Lipinski definition) is 0. The van der Waals surface area contributed by atoms with Gasteiger partial charge in [-0.25, -0.2) is 0 Å². The molecule has 0 spiro atoms. The SMILES string of the molecule is B#S(C)=PI. The average molecular weight is 216 g/mol. The molecule has 0 saturated heterocycles. The fourth-order valence-corrected chi connectivity index (χ4v) is 0. The van der Waals surface area contributed by atoms with Gasteiger partial charge in [0.25, 0.3) is 0 Å². The molecule has 0 aromatic carbocycles. The summed E-state index contributed by atoms with van der Waals surface area (Å²) in [6.07, 6.45) is 2.01. The summed E-state index contributed by atoms with van der Waals surface area (Å²) in [5, 5.41) is 0. The van der Waals surface area contributed by atoms with Gasteiger partial charge in [0, 0.05) is 0 Å². The van der Waals surface area contributed by atoms with Crippen molar-refractivity contribution in [2.24, 2.45) is 0 Å². The fourth-order valence-electron chi connectivity index (χ4n) is 0. The van der Waals surface area contributed by atoms with Crippen molar-refractivity contribution in [2.75, 3.05) is 6.26 Å². The van der Waals surface area contributed by atoms with Gasteiger partial charge in [0.2, 0.25) is 0 Å². The normalized spacial score (nSPS) is 12.4. The van der Waals surface area contributed by atoms with Crippen LogP contribution in [0.15, 0.2) is 0 Å². The molecule has 0 aliphatic rings. The van der Waals surface area contributed by atoms with Crippen molar-refractivity contribution < 1.29 is 0 Å². The van der Waals surface area contributed by atoms with Crippen LogP contribution in [0.1, 0.15) is 0 Å². The Labute approximate surface area is 49.1 Å². The molecule has 0 saturated carbocycles. The van der Waals surface area contributed by atoms with Crippen molar-refractivity contribution in [3.8, 4) is 0 Å². The van der Waals surface area contributed by atoms with Gasteiger partial charge < -0.3 is 0 Å². The second-order valence-electron chi connectivity index (χ2n) is 0.593. The second-order valence-corrected chi connectivity index (χ2v) is 7.47. The standard InChI is InChI=1S/CH3BIPS/c1-5(2)4-3/h1H3. The van der Waals surface area contributed by atoms with Crippen LogP contribution in [-0.2, 0) is 9.31 Å². The van der Waals surface area contributed by atoms with Crippen LogP contribution in [0.4, 0.5) is 0 Å². The molecular weight excluding hydrogens is 213 g/mol. The summed E-state index contributed by atoms with van der Waals surface area (Å²) < 4.78 is 0. The van der Waals surface area contributed by atoms with Crippen molar-refractivity contribution in [3.63, 3.8) is 0 Å². The Kier molecular flexibility index (Phi) is 4.42. The van der Waals surface area contributed by atoms with E-state index in [2.05, 4.69) is 22.0 Å². The summed E-state index contributed by atoms with van der Waals surface area (Å²) >= 11 is 2.24. The Bertz CT molecular complexity index is 122. The Balaban J connectivity index is 3.82. The van der Waals surface area contributed by atoms with Crippen LogP contribution in [0.5, 0.6) is 0 Å². The van der Waals surface area contributed by atoms with Crippen molar-refractivity contribution in [1.82, 2.24) is 0 Å². The molecule has 0 N–H and O–H groups in total. The summed E-state index contributed by atoms with van der Waals surface area (Å²) in [5.41, 5.74) is 0. The van der Waals surface area contributed by atoms with E-state index in [9.17, 15) is 0 Å². The Morgan fingerprint density at radius 3 is 2.20 bits per heavy atom. The molecular formula is CH3BIPS.